The highest BCUT2D eigenvalue weighted by atomic mass is 16.6. The Labute approximate surface area is 204 Å². The van der Waals surface area contributed by atoms with Crippen LogP contribution < -0.4 is 16.4 Å². The van der Waals surface area contributed by atoms with Crippen LogP contribution >= 0.6 is 0 Å². The van der Waals surface area contributed by atoms with Crippen molar-refractivity contribution in [3.63, 3.8) is 0 Å². The van der Waals surface area contributed by atoms with E-state index in [1.165, 1.54) is 0 Å². The molecule has 2 atom stereocenters. The molecule has 0 aromatic rings. The number of carbonyl (C=O) groups is 4. The highest BCUT2D eigenvalue weighted by molar-refractivity contribution is 5.87. The molecule has 0 aromatic carbocycles. The lowest BCUT2D eigenvalue weighted by molar-refractivity contribution is -0.159. The van der Waals surface area contributed by atoms with Gasteiger partial charge in [-0.25, -0.2) is 14.4 Å². The van der Waals surface area contributed by atoms with Gasteiger partial charge in [0.25, 0.3) is 0 Å². The van der Waals surface area contributed by atoms with Crippen LogP contribution in [0.4, 0.5) is 4.79 Å². The maximum atomic E-state index is 12.7. The van der Waals surface area contributed by atoms with E-state index in [1.807, 2.05) is 0 Å². The molecule has 0 aliphatic carbocycles. The smallest absolute Gasteiger partial charge is 0.329 e. The van der Waals surface area contributed by atoms with Crippen molar-refractivity contribution >= 4 is 23.9 Å². The molecule has 1 unspecified atom stereocenters. The zero-order valence-electron chi connectivity index (χ0n) is 22.3. The summed E-state index contributed by atoms with van der Waals surface area (Å²) in [4.78, 5) is 50.1. The summed E-state index contributed by atoms with van der Waals surface area (Å²) in [7, 11) is 0. The lowest BCUT2D eigenvalue weighted by atomic mass is 10.1. The Morgan fingerprint density at radius 3 is 1.47 bits per heavy atom. The van der Waals surface area contributed by atoms with Crippen molar-refractivity contribution in [1.82, 2.24) is 10.6 Å². The molecule has 2 amide bonds. The van der Waals surface area contributed by atoms with Crippen molar-refractivity contribution in [3.8, 4) is 0 Å². The molecule has 0 rings (SSSR count). The number of nitrogens with one attached hydrogen (secondary N) is 2. The predicted molar refractivity (Wildman–Crippen MR) is 129 cm³/mol. The summed E-state index contributed by atoms with van der Waals surface area (Å²) < 4.78 is 16.1. The van der Waals surface area contributed by atoms with Crippen LogP contribution in [0.15, 0.2) is 0 Å². The maximum Gasteiger partial charge on any atom is 0.329 e. The Balaban J connectivity index is 5.37. The second-order valence-electron chi connectivity index (χ2n) is 11.2. The molecule has 10 nitrogen and oxygen atoms in total. The topological polar surface area (TPSA) is 146 Å². The second-order valence-corrected chi connectivity index (χ2v) is 11.2. The molecule has 0 fully saturated rings. The minimum Gasteiger partial charge on any atom is -0.460 e. The Morgan fingerprint density at radius 1 is 0.676 bits per heavy atom. The highest BCUT2D eigenvalue weighted by Crippen LogP contribution is 2.14. The van der Waals surface area contributed by atoms with Gasteiger partial charge in [0.1, 0.15) is 28.9 Å². The van der Waals surface area contributed by atoms with E-state index in [1.54, 1.807) is 62.3 Å². The molecular formula is C24H45N3O7. The third kappa shape index (κ3) is 16.3. The van der Waals surface area contributed by atoms with E-state index in [4.69, 9.17) is 19.9 Å². The van der Waals surface area contributed by atoms with E-state index in [0.29, 0.717) is 25.8 Å². The first-order chi connectivity index (χ1) is 15.3. The molecule has 0 aliphatic heterocycles. The molecule has 4 N–H and O–H groups in total. The fraction of sp³-hybridized carbons (Fsp3) is 0.833. The summed E-state index contributed by atoms with van der Waals surface area (Å²) in [6.45, 7) is 16.0. The number of amides is 2. The average Bonchev–Trinajstić information content (AvgIpc) is 2.60. The Hall–Kier alpha value is -2.36. The normalized spacial score (nSPS) is 13.9. The van der Waals surface area contributed by atoms with Crippen LogP contribution in [0.2, 0.25) is 0 Å². The van der Waals surface area contributed by atoms with Gasteiger partial charge in [0.05, 0.1) is 0 Å². The van der Waals surface area contributed by atoms with Crippen molar-refractivity contribution in [1.29, 1.82) is 0 Å². The zero-order chi connectivity index (χ0) is 26.7. The van der Waals surface area contributed by atoms with Gasteiger partial charge < -0.3 is 30.6 Å². The third-order valence-electron chi connectivity index (χ3n) is 4.00. The van der Waals surface area contributed by atoms with E-state index in [9.17, 15) is 19.2 Å². The lowest BCUT2D eigenvalue weighted by Crippen LogP contribution is -2.53. The summed E-state index contributed by atoms with van der Waals surface area (Å²) in [5.41, 5.74) is 3.34. The lowest BCUT2D eigenvalue weighted by Gasteiger charge is -2.27. The van der Waals surface area contributed by atoms with Crippen LogP contribution in [0.3, 0.4) is 0 Å². The molecule has 0 bridgehead atoms. The fourth-order valence-electron chi connectivity index (χ4n) is 2.75. The Morgan fingerprint density at radius 2 is 1.09 bits per heavy atom. The van der Waals surface area contributed by atoms with Crippen molar-refractivity contribution in [2.24, 2.45) is 5.73 Å². The zero-order valence-corrected chi connectivity index (χ0v) is 22.3. The predicted octanol–water partition coefficient (Wildman–Crippen LogP) is 2.96. The van der Waals surface area contributed by atoms with Crippen LogP contribution in [-0.2, 0) is 28.6 Å². The fourth-order valence-corrected chi connectivity index (χ4v) is 2.75. The van der Waals surface area contributed by atoms with Gasteiger partial charge in [0.15, 0.2) is 0 Å². The van der Waals surface area contributed by atoms with E-state index in [0.717, 1.165) is 0 Å². The number of nitrogens with two attached hydrogens (primary N) is 1. The molecule has 10 heteroatoms. The molecule has 0 saturated carbocycles. The van der Waals surface area contributed by atoms with Gasteiger partial charge in [-0.15, -0.1) is 0 Å². The highest BCUT2D eigenvalue weighted by Gasteiger charge is 2.31. The summed E-state index contributed by atoms with van der Waals surface area (Å²) in [6, 6.07) is -2.78. The minimum atomic E-state index is -1.12. The molecule has 0 aromatic heterocycles. The molecule has 34 heavy (non-hydrogen) atoms. The number of urea groups is 1. The number of hydrogen-bond donors (Lipinski definition) is 3. The van der Waals surface area contributed by atoms with Gasteiger partial charge in [0, 0.05) is 6.42 Å². The molecule has 0 heterocycles. The van der Waals surface area contributed by atoms with Crippen LogP contribution in [0.5, 0.6) is 0 Å². The monoisotopic (exact) mass is 487 g/mol. The first-order valence-corrected chi connectivity index (χ1v) is 11.8. The summed E-state index contributed by atoms with van der Waals surface area (Å²) >= 11 is 0. The van der Waals surface area contributed by atoms with Crippen molar-refractivity contribution in [2.75, 3.05) is 6.54 Å². The molecule has 0 radical (unpaired) electrons. The van der Waals surface area contributed by atoms with Gasteiger partial charge in [-0.2, -0.15) is 0 Å². The quantitative estimate of drug-likeness (QED) is 0.229. The molecule has 198 valence electrons. The van der Waals surface area contributed by atoms with Crippen molar-refractivity contribution in [3.05, 3.63) is 0 Å². The maximum absolute atomic E-state index is 12.7. The molecule has 0 saturated heterocycles. The first-order valence-electron chi connectivity index (χ1n) is 11.8. The van der Waals surface area contributed by atoms with Gasteiger partial charge >= 0.3 is 23.9 Å². The summed E-state index contributed by atoms with van der Waals surface area (Å²) in [5, 5.41) is 5.11. The second kappa shape index (κ2) is 13.5. The van der Waals surface area contributed by atoms with E-state index >= 15 is 0 Å². The molecule has 0 aliphatic rings. The van der Waals surface area contributed by atoms with Gasteiger partial charge in [-0.05, 0) is 94.5 Å². The van der Waals surface area contributed by atoms with E-state index < -0.39 is 52.8 Å². The van der Waals surface area contributed by atoms with Crippen LogP contribution in [-0.4, -0.2) is 59.4 Å². The van der Waals surface area contributed by atoms with Crippen LogP contribution in [0, 0.1) is 0 Å². The standard InChI is InChI=1S/C24H45N3O7/c1-22(2,3)32-18(28)14-13-17(20(30)34-24(7,8)9)27-21(31)26-16(12-10-11-15-25)19(29)33-23(4,5)6/h16-17H,10-15,25H2,1-9H3,(H2,26,27,31)/t16?,17-/m0/s1. The average molecular weight is 488 g/mol. The summed E-state index contributed by atoms with van der Waals surface area (Å²) in [6.07, 6.45) is 1.48. The number of ether oxygens (including phenoxy) is 3. The third-order valence-corrected chi connectivity index (χ3v) is 4.00. The number of esters is 3. The number of unbranched alkanes of at least 4 members (excludes halogenated alkanes) is 1. The molecular weight excluding hydrogens is 442 g/mol. The van der Waals surface area contributed by atoms with Gasteiger partial charge in [0.2, 0.25) is 0 Å². The Kier molecular flexibility index (Phi) is 12.6. The van der Waals surface area contributed by atoms with E-state index in [2.05, 4.69) is 10.6 Å². The molecule has 0 spiro atoms. The van der Waals surface area contributed by atoms with Crippen molar-refractivity contribution < 1.29 is 33.4 Å². The number of rotatable bonds is 11. The van der Waals surface area contributed by atoms with E-state index in [-0.39, 0.29) is 12.8 Å². The Bertz CT molecular complexity index is 688. The SMILES string of the molecule is CC(C)(C)OC(=O)CC[C@H](NC(=O)NC(CCCCN)C(=O)OC(C)(C)C)C(=O)OC(C)(C)C. The van der Waals surface area contributed by atoms with Crippen molar-refractivity contribution in [2.45, 2.75) is 123 Å². The minimum absolute atomic E-state index is 0.0263. The largest absolute Gasteiger partial charge is 0.460 e. The van der Waals surface area contributed by atoms with Crippen LogP contribution in [0.1, 0.15) is 94.4 Å². The number of hydrogen-bond acceptors (Lipinski definition) is 8. The van der Waals surface area contributed by atoms with Gasteiger partial charge in [-0.3, -0.25) is 4.79 Å². The van der Waals surface area contributed by atoms with Gasteiger partial charge in [-0.1, -0.05) is 0 Å². The number of carbonyl (C=O) groups excluding carboxylic acids is 4. The summed E-state index contributed by atoms with van der Waals surface area (Å²) in [5.74, 6) is -1.78. The first kappa shape index (κ1) is 31.6. The van der Waals surface area contributed by atoms with Crippen LogP contribution in [0.25, 0.3) is 0 Å².